The minimum atomic E-state index is 0.0754. The van der Waals surface area contributed by atoms with Gasteiger partial charge in [-0.05, 0) is 26.1 Å². The zero-order chi connectivity index (χ0) is 13.0. The van der Waals surface area contributed by atoms with Crippen molar-refractivity contribution < 1.29 is 0 Å². The molecule has 0 aliphatic heterocycles. The first kappa shape index (κ1) is 13.1. The van der Waals surface area contributed by atoms with Crippen LogP contribution in [0, 0.1) is 0 Å². The molecule has 2 aromatic rings. The number of likely N-dealkylation sites (N-methyl/N-ethyl adjacent to an activating group) is 1. The van der Waals surface area contributed by atoms with Gasteiger partial charge >= 0.3 is 0 Å². The molecule has 0 aliphatic rings. The van der Waals surface area contributed by atoms with Crippen LogP contribution in [0.2, 0.25) is 5.02 Å². The molecule has 0 saturated carbocycles. The molecule has 18 heavy (non-hydrogen) atoms. The Morgan fingerprint density at radius 3 is 2.89 bits per heavy atom. The van der Waals surface area contributed by atoms with E-state index in [1.807, 2.05) is 31.6 Å². The Balaban J connectivity index is 2.23. The summed E-state index contributed by atoms with van der Waals surface area (Å²) in [6, 6.07) is 3.78. The number of nitrogens with one attached hydrogen (secondary N) is 1. The molecule has 1 atom stereocenters. The summed E-state index contributed by atoms with van der Waals surface area (Å²) in [7, 11) is 1.91. The molecule has 0 aliphatic carbocycles. The Kier molecular flexibility index (Phi) is 4.33. The minimum Gasteiger partial charge on any atom is -0.335 e. The molecular formula is C13H17ClN4. The third kappa shape index (κ3) is 2.71. The first-order chi connectivity index (χ1) is 8.76. The fourth-order valence-electron chi connectivity index (χ4n) is 1.99. The molecule has 2 heterocycles. The molecular weight excluding hydrogens is 248 g/mol. The fraction of sp³-hybridized carbons (Fsp3) is 0.385. The largest absolute Gasteiger partial charge is 0.335 e. The number of hydrogen-bond donors (Lipinski definition) is 1. The summed E-state index contributed by atoms with van der Waals surface area (Å²) in [5.74, 6) is 1.04. The Hall–Kier alpha value is -1.39. The normalized spacial score (nSPS) is 12.6. The van der Waals surface area contributed by atoms with Gasteiger partial charge in [-0.1, -0.05) is 11.6 Å². The molecule has 1 N–H and O–H groups in total. The van der Waals surface area contributed by atoms with Crippen molar-refractivity contribution in [3.8, 4) is 0 Å². The van der Waals surface area contributed by atoms with Gasteiger partial charge in [-0.2, -0.15) is 0 Å². The Labute approximate surface area is 112 Å². The molecule has 1 unspecified atom stereocenters. The predicted molar refractivity (Wildman–Crippen MR) is 72.7 cm³/mol. The number of rotatable bonds is 5. The van der Waals surface area contributed by atoms with Crippen molar-refractivity contribution in [3.05, 3.63) is 47.3 Å². The van der Waals surface area contributed by atoms with Gasteiger partial charge in [-0.15, -0.1) is 0 Å². The highest BCUT2D eigenvalue weighted by Crippen LogP contribution is 2.22. The van der Waals surface area contributed by atoms with Gasteiger partial charge in [0.2, 0.25) is 0 Å². The number of halogens is 1. The van der Waals surface area contributed by atoms with Crippen molar-refractivity contribution >= 4 is 11.6 Å². The van der Waals surface area contributed by atoms with Crippen molar-refractivity contribution in [1.29, 1.82) is 0 Å². The van der Waals surface area contributed by atoms with Crippen molar-refractivity contribution in [2.45, 2.75) is 25.9 Å². The molecule has 5 heteroatoms. The summed E-state index contributed by atoms with van der Waals surface area (Å²) in [6.45, 7) is 3.02. The third-order valence-electron chi connectivity index (χ3n) is 2.99. The maximum atomic E-state index is 6.18. The van der Waals surface area contributed by atoms with Crippen LogP contribution in [0.25, 0.3) is 0 Å². The number of nitrogens with zero attached hydrogens (tertiary/aromatic N) is 3. The van der Waals surface area contributed by atoms with Crippen LogP contribution in [0.15, 0.2) is 30.7 Å². The molecule has 0 saturated heterocycles. The summed E-state index contributed by atoms with van der Waals surface area (Å²) >= 11 is 6.18. The maximum absolute atomic E-state index is 6.18. The molecule has 96 valence electrons. The van der Waals surface area contributed by atoms with E-state index in [0.29, 0.717) is 5.02 Å². The van der Waals surface area contributed by atoms with Crippen LogP contribution in [0.3, 0.4) is 0 Å². The summed E-state index contributed by atoms with van der Waals surface area (Å²) in [5.41, 5.74) is 0.868. The minimum absolute atomic E-state index is 0.0754. The highest BCUT2D eigenvalue weighted by Gasteiger charge is 2.17. The topological polar surface area (TPSA) is 42.7 Å². The van der Waals surface area contributed by atoms with Crippen molar-refractivity contribution in [3.63, 3.8) is 0 Å². The van der Waals surface area contributed by atoms with E-state index in [2.05, 4.69) is 26.8 Å². The van der Waals surface area contributed by atoms with Gasteiger partial charge in [0.25, 0.3) is 0 Å². The maximum Gasteiger partial charge on any atom is 0.110 e. The van der Waals surface area contributed by atoms with Gasteiger partial charge in [0.05, 0.1) is 16.8 Å². The van der Waals surface area contributed by atoms with Crippen molar-refractivity contribution in [2.24, 2.45) is 0 Å². The van der Waals surface area contributed by atoms with Crippen LogP contribution in [-0.4, -0.2) is 21.6 Å². The van der Waals surface area contributed by atoms with E-state index in [-0.39, 0.29) is 6.04 Å². The molecule has 0 amide bonds. The van der Waals surface area contributed by atoms with E-state index in [0.717, 1.165) is 24.5 Å². The van der Waals surface area contributed by atoms with E-state index in [1.54, 1.807) is 6.20 Å². The van der Waals surface area contributed by atoms with Crippen LogP contribution in [0.1, 0.15) is 24.5 Å². The van der Waals surface area contributed by atoms with E-state index in [4.69, 9.17) is 11.6 Å². The van der Waals surface area contributed by atoms with Crippen LogP contribution >= 0.6 is 11.6 Å². The molecule has 2 rings (SSSR count). The zero-order valence-corrected chi connectivity index (χ0v) is 11.4. The summed E-state index contributed by atoms with van der Waals surface area (Å²) in [5, 5.41) is 3.94. The van der Waals surface area contributed by atoms with Gasteiger partial charge in [0.15, 0.2) is 0 Å². The molecule has 0 fully saturated rings. The number of aryl methyl sites for hydroxylation is 1. The second-order valence-electron chi connectivity index (χ2n) is 4.05. The van der Waals surface area contributed by atoms with Crippen molar-refractivity contribution in [2.75, 3.05) is 7.05 Å². The van der Waals surface area contributed by atoms with Gasteiger partial charge in [-0.3, -0.25) is 4.98 Å². The molecule has 0 spiro atoms. The quantitative estimate of drug-likeness (QED) is 0.902. The lowest BCUT2D eigenvalue weighted by atomic mass is 10.1. The van der Waals surface area contributed by atoms with Gasteiger partial charge < -0.3 is 9.88 Å². The second-order valence-corrected chi connectivity index (χ2v) is 4.45. The number of pyridine rings is 1. The van der Waals surface area contributed by atoms with Gasteiger partial charge in [0, 0.05) is 31.6 Å². The first-order valence-electron chi connectivity index (χ1n) is 6.04. The highest BCUT2D eigenvalue weighted by atomic mass is 35.5. The van der Waals surface area contributed by atoms with Crippen LogP contribution in [0.4, 0.5) is 0 Å². The zero-order valence-electron chi connectivity index (χ0n) is 10.6. The van der Waals surface area contributed by atoms with Crippen LogP contribution in [-0.2, 0) is 13.0 Å². The van der Waals surface area contributed by atoms with Crippen LogP contribution in [0.5, 0.6) is 0 Å². The molecule has 2 aromatic heterocycles. The smallest absolute Gasteiger partial charge is 0.110 e. The summed E-state index contributed by atoms with van der Waals surface area (Å²) in [4.78, 5) is 8.74. The summed E-state index contributed by atoms with van der Waals surface area (Å²) < 4.78 is 2.13. The number of hydrogen-bond acceptors (Lipinski definition) is 3. The highest BCUT2D eigenvalue weighted by molar-refractivity contribution is 6.31. The summed E-state index contributed by atoms with van der Waals surface area (Å²) in [6.07, 6.45) is 6.35. The van der Waals surface area contributed by atoms with E-state index in [1.165, 1.54) is 0 Å². The Morgan fingerprint density at radius 1 is 1.39 bits per heavy atom. The molecule has 0 aromatic carbocycles. The van der Waals surface area contributed by atoms with Gasteiger partial charge in [0.1, 0.15) is 5.82 Å². The first-order valence-corrected chi connectivity index (χ1v) is 6.41. The lowest BCUT2D eigenvalue weighted by Crippen LogP contribution is -2.22. The average Bonchev–Trinajstić information content (AvgIpc) is 2.84. The SMILES string of the molecule is CCn1ccnc1CC(NC)c1ncccc1Cl. The number of imidazole rings is 1. The molecule has 4 nitrogen and oxygen atoms in total. The number of aromatic nitrogens is 3. The Bertz CT molecular complexity index is 509. The molecule has 0 bridgehead atoms. The standard InChI is InChI=1S/C13H17ClN4/c1-3-18-8-7-16-12(18)9-11(15-2)13-10(14)5-4-6-17-13/h4-8,11,15H,3,9H2,1-2H3. The van der Waals surface area contributed by atoms with Gasteiger partial charge in [-0.25, -0.2) is 4.98 Å². The lowest BCUT2D eigenvalue weighted by molar-refractivity contribution is 0.541. The van der Waals surface area contributed by atoms with E-state index >= 15 is 0 Å². The second kappa shape index (κ2) is 5.98. The Morgan fingerprint density at radius 2 is 2.22 bits per heavy atom. The average molecular weight is 265 g/mol. The third-order valence-corrected chi connectivity index (χ3v) is 3.31. The predicted octanol–water partition coefficient (Wildman–Crippen LogP) is 2.45. The fourth-order valence-corrected chi connectivity index (χ4v) is 2.24. The lowest BCUT2D eigenvalue weighted by Gasteiger charge is -2.17. The van der Waals surface area contributed by atoms with E-state index in [9.17, 15) is 0 Å². The monoisotopic (exact) mass is 264 g/mol. The molecule has 0 radical (unpaired) electrons. The van der Waals surface area contributed by atoms with E-state index < -0.39 is 0 Å². The van der Waals surface area contributed by atoms with Crippen molar-refractivity contribution in [1.82, 2.24) is 19.9 Å². The van der Waals surface area contributed by atoms with Crippen LogP contribution < -0.4 is 5.32 Å².